The molecule has 0 spiro atoms. The second-order valence-electron chi connectivity index (χ2n) is 2.44. The van der Waals surface area contributed by atoms with Crippen LogP contribution < -0.4 is 0 Å². The van der Waals surface area contributed by atoms with Crippen molar-refractivity contribution in [3.8, 4) is 0 Å². The second-order valence-corrected chi connectivity index (χ2v) is 3.61. The van der Waals surface area contributed by atoms with Crippen LogP contribution in [0.5, 0.6) is 0 Å². The Morgan fingerprint density at radius 3 is 1.89 bits per heavy atom. The lowest BCUT2D eigenvalue weighted by molar-refractivity contribution is -0.121. The lowest BCUT2D eigenvalue weighted by atomic mass is 10.1. The second kappa shape index (κ2) is 3.94. The Labute approximate surface area is 61.2 Å². The minimum Gasteiger partial charge on any atom is -0.298 e. The molecule has 0 heterocycles. The van der Waals surface area contributed by atoms with Crippen LogP contribution >= 0.6 is 11.8 Å². The Kier molecular flexibility index (Phi) is 3.95. The van der Waals surface area contributed by atoms with Crippen LogP contribution in [0.25, 0.3) is 0 Å². The van der Waals surface area contributed by atoms with Gasteiger partial charge in [0, 0.05) is 5.92 Å². The summed E-state index contributed by atoms with van der Waals surface area (Å²) >= 11 is 1.61. The number of ketones is 1. The van der Waals surface area contributed by atoms with Crippen LogP contribution in [0.15, 0.2) is 0 Å². The number of hydrogen-bond donors (Lipinski definition) is 0. The largest absolute Gasteiger partial charge is 0.298 e. The zero-order valence-electron chi connectivity index (χ0n) is 6.47. The Bertz CT molecular complexity index is 99.1. The maximum Gasteiger partial charge on any atom is 0.148 e. The molecule has 0 aromatic carbocycles. The molecular weight excluding hydrogens is 132 g/mol. The molecule has 2 heteroatoms. The molecule has 0 radical (unpaired) electrons. The number of thioether (sulfide) groups is 1. The Balaban J connectivity index is 3.73. The highest BCUT2D eigenvalue weighted by molar-refractivity contribution is 7.99. The smallest absolute Gasteiger partial charge is 0.148 e. The van der Waals surface area contributed by atoms with E-state index in [-0.39, 0.29) is 11.2 Å². The molecule has 0 saturated heterocycles. The first-order valence-electron chi connectivity index (χ1n) is 3.16. The van der Waals surface area contributed by atoms with Gasteiger partial charge in [-0.15, -0.1) is 0 Å². The van der Waals surface area contributed by atoms with Crippen molar-refractivity contribution >= 4 is 17.5 Å². The highest BCUT2D eigenvalue weighted by Gasteiger charge is 2.13. The van der Waals surface area contributed by atoms with Gasteiger partial charge in [0.1, 0.15) is 5.78 Å². The van der Waals surface area contributed by atoms with Crippen molar-refractivity contribution in [2.75, 3.05) is 6.26 Å². The molecule has 0 aliphatic rings. The van der Waals surface area contributed by atoms with Gasteiger partial charge in [-0.3, -0.25) is 4.79 Å². The maximum atomic E-state index is 11.1. The summed E-state index contributed by atoms with van der Waals surface area (Å²) in [5, 5.41) is 0.171. The Morgan fingerprint density at radius 2 is 1.78 bits per heavy atom. The topological polar surface area (TPSA) is 17.1 Å². The van der Waals surface area contributed by atoms with Gasteiger partial charge >= 0.3 is 0 Å². The lowest BCUT2D eigenvalue weighted by Gasteiger charge is -2.08. The summed E-state index contributed by atoms with van der Waals surface area (Å²) in [6.45, 7) is 5.83. The van der Waals surface area contributed by atoms with Crippen molar-refractivity contribution in [1.29, 1.82) is 0 Å². The fourth-order valence-electron chi connectivity index (χ4n) is 0.586. The number of carbonyl (C=O) groups excluding carboxylic acids is 1. The van der Waals surface area contributed by atoms with Crippen LogP contribution in [0.3, 0.4) is 0 Å². The molecule has 1 nitrogen and oxygen atoms in total. The van der Waals surface area contributed by atoms with E-state index in [1.807, 2.05) is 27.0 Å². The summed E-state index contributed by atoms with van der Waals surface area (Å²) in [6.07, 6.45) is 1.96. The number of rotatable bonds is 3. The third-order valence-electron chi connectivity index (χ3n) is 1.32. The van der Waals surface area contributed by atoms with Gasteiger partial charge in [-0.1, -0.05) is 13.8 Å². The van der Waals surface area contributed by atoms with Gasteiger partial charge < -0.3 is 0 Å². The van der Waals surface area contributed by atoms with Gasteiger partial charge in [-0.05, 0) is 13.2 Å². The quantitative estimate of drug-likeness (QED) is 0.605. The van der Waals surface area contributed by atoms with Crippen molar-refractivity contribution in [2.45, 2.75) is 26.0 Å². The molecule has 9 heavy (non-hydrogen) atoms. The molecule has 0 aliphatic heterocycles. The third kappa shape index (κ3) is 2.89. The third-order valence-corrected chi connectivity index (χ3v) is 2.26. The lowest BCUT2D eigenvalue weighted by Crippen LogP contribution is -2.18. The van der Waals surface area contributed by atoms with E-state index in [1.54, 1.807) is 11.8 Å². The van der Waals surface area contributed by atoms with Crippen LogP contribution in [-0.4, -0.2) is 17.3 Å². The molecule has 54 valence electrons. The van der Waals surface area contributed by atoms with Crippen molar-refractivity contribution < 1.29 is 4.79 Å². The van der Waals surface area contributed by atoms with Crippen LogP contribution in [0.2, 0.25) is 0 Å². The molecule has 1 unspecified atom stereocenters. The summed E-state index contributed by atoms with van der Waals surface area (Å²) in [5.41, 5.74) is 0. The van der Waals surface area contributed by atoms with Crippen molar-refractivity contribution in [2.24, 2.45) is 5.92 Å². The predicted molar refractivity (Wildman–Crippen MR) is 42.8 cm³/mol. The van der Waals surface area contributed by atoms with E-state index < -0.39 is 0 Å². The zero-order chi connectivity index (χ0) is 7.44. The fraction of sp³-hybridized carbons (Fsp3) is 0.857. The minimum absolute atomic E-state index is 0.171. The molecule has 0 saturated carbocycles. The molecule has 0 fully saturated rings. The monoisotopic (exact) mass is 146 g/mol. The standard InChI is InChI=1S/C7H14OS/c1-5(2)7(8)6(3)9-4/h5-6H,1-4H3. The van der Waals surface area contributed by atoms with Gasteiger partial charge in [0.2, 0.25) is 0 Å². The summed E-state index contributed by atoms with van der Waals surface area (Å²) in [7, 11) is 0. The summed E-state index contributed by atoms with van der Waals surface area (Å²) in [4.78, 5) is 11.1. The number of hydrogen-bond acceptors (Lipinski definition) is 2. The van der Waals surface area contributed by atoms with Gasteiger partial charge in [0.15, 0.2) is 0 Å². The summed E-state index contributed by atoms with van der Waals surface area (Å²) in [6, 6.07) is 0. The van der Waals surface area contributed by atoms with E-state index in [4.69, 9.17) is 0 Å². The van der Waals surface area contributed by atoms with Gasteiger partial charge in [0.05, 0.1) is 5.25 Å². The van der Waals surface area contributed by atoms with Crippen LogP contribution in [0.1, 0.15) is 20.8 Å². The van der Waals surface area contributed by atoms with Gasteiger partial charge in [-0.2, -0.15) is 11.8 Å². The average Bonchev–Trinajstić information content (AvgIpc) is 1.84. The van der Waals surface area contributed by atoms with Gasteiger partial charge in [0.25, 0.3) is 0 Å². The highest BCUT2D eigenvalue weighted by Crippen LogP contribution is 2.11. The number of carbonyl (C=O) groups is 1. The normalized spacial score (nSPS) is 13.9. The van der Waals surface area contributed by atoms with Crippen LogP contribution in [0.4, 0.5) is 0 Å². The molecule has 0 bridgehead atoms. The number of Topliss-reactive ketones (excluding diaryl/α,β-unsaturated/α-hetero) is 1. The molecule has 0 aromatic heterocycles. The minimum atomic E-state index is 0.171. The Morgan fingerprint density at radius 1 is 1.33 bits per heavy atom. The van der Waals surface area contributed by atoms with E-state index in [9.17, 15) is 4.79 Å². The molecule has 0 aromatic rings. The fourth-order valence-corrected chi connectivity index (χ4v) is 1.09. The molecule has 0 N–H and O–H groups in total. The van der Waals surface area contributed by atoms with E-state index in [0.717, 1.165) is 0 Å². The molecule has 0 aliphatic carbocycles. The van der Waals surface area contributed by atoms with Crippen LogP contribution in [-0.2, 0) is 4.79 Å². The van der Waals surface area contributed by atoms with Crippen molar-refractivity contribution in [3.63, 3.8) is 0 Å². The van der Waals surface area contributed by atoms with E-state index >= 15 is 0 Å². The molecule has 0 rings (SSSR count). The van der Waals surface area contributed by atoms with Crippen molar-refractivity contribution in [3.05, 3.63) is 0 Å². The summed E-state index contributed by atoms with van der Waals surface area (Å²) < 4.78 is 0. The van der Waals surface area contributed by atoms with E-state index in [0.29, 0.717) is 5.78 Å². The Hall–Kier alpha value is 0.0200. The maximum absolute atomic E-state index is 11.1. The SMILES string of the molecule is CSC(C)C(=O)C(C)C. The predicted octanol–water partition coefficient (Wildman–Crippen LogP) is 1.96. The van der Waals surface area contributed by atoms with E-state index in [1.165, 1.54) is 0 Å². The van der Waals surface area contributed by atoms with Gasteiger partial charge in [-0.25, -0.2) is 0 Å². The molecule has 0 amide bonds. The molecule has 1 atom stereocenters. The van der Waals surface area contributed by atoms with E-state index in [2.05, 4.69) is 0 Å². The van der Waals surface area contributed by atoms with Crippen LogP contribution in [0, 0.1) is 5.92 Å². The summed E-state index contributed by atoms with van der Waals surface area (Å²) in [5.74, 6) is 0.537. The van der Waals surface area contributed by atoms with Crippen molar-refractivity contribution in [1.82, 2.24) is 0 Å². The first kappa shape index (κ1) is 9.02. The first-order chi connectivity index (χ1) is 4.09. The highest BCUT2D eigenvalue weighted by atomic mass is 32.2. The first-order valence-corrected chi connectivity index (χ1v) is 4.45. The zero-order valence-corrected chi connectivity index (χ0v) is 7.29. The molecular formula is C7H14OS. The average molecular weight is 146 g/mol.